The quantitative estimate of drug-likeness (QED) is 0.805. The molecule has 0 spiro atoms. The predicted molar refractivity (Wildman–Crippen MR) is 67.6 cm³/mol. The first-order chi connectivity index (χ1) is 7.57. The van der Waals surface area contributed by atoms with E-state index in [-0.39, 0.29) is 6.04 Å². The molecule has 1 aliphatic rings. The minimum absolute atomic E-state index is 0.258. The van der Waals surface area contributed by atoms with Crippen molar-refractivity contribution >= 4 is 5.97 Å². The zero-order valence-electron chi connectivity index (χ0n) is 11.4. The van der Waals surface area contributed by atoms with Crippen molar-refractivity contribution in [3.05, 3.63) is 0 Å². The van der Waals surface area contributed by atoms with Crippen LogP contribution < -0.4 is 0 Å². The Bertz CT molecular complexity index is 206. The third kappa shape index (κ3) is 3.78. The summed E-state index contributed by atoms with van der Waals surface area (Å²) in [6, 6.07) is 0.211. The van der Waals surface area contributed by atoms with E-state index in [1.807, 2.05) is 25.8 Å². The Kier molecular flexibility index (Phi) is 7.39. The van der Waals surface area contributed by atoms with E-state index in [0.29, 0.717) is 12.0 Å². The first-order valence-corrected chi connectivity index (χ1v) is 6.52. The number of hydrogen-bond acceptors (Lipinski definition) is 2. The standard InChI is InChI=1S/C11H21NO2.C2H6/c1-4-5-6-9-8(2)7-10(11(13)14)12(9)3;1-2/h8-10H,4-7H2,1-3H3,(H,13,14);1-2H3. The fraction of sp³-hybridized carbons (Fsp3) is 0.923. The third-order valence-corrected chi connectivity index (χ3v) is 3.41. The Balaban J connectivity index is 0.00000106. The molecule has 0 radical (unpaired) electrons. The van der Waals surface area contributed by atoms with Gasteiger partial charge in [0.05, 0.1) is 0 Å². The Morgan fingerprint density at radius 3 is 2.38 bits per heavy atom. The van der Waals surface area contributed by atoms with Gasteiger partial charge in [-0.25, -0.2) is 0 Å². The largest absolute Gasteiger partial charge is 0.480 e. The summed E-state index contributed by atoms with van der Waals surface area (Å²) in [5, 5.41) is 9.00. The molecule has 0 aromatic carbocycles. The number of unbranched alkanes of at least 4 members (excludes halogenated alkanes) is 1. The molecule has 1 aliphatic heterocycles. The summed E-state index contributed by atoms with van der Waals surface area (Å²) in [5.41, 5.74) is 0. The predicted octanol–water partition coefficient (Wildman–Crippen LogP) is 3.00. The number of carbonyl (C=O) groups is 1. The zero-order chi connectivity index (χ0) is 12.7. The van der Waals surface area contributed by atoms with Crippen LogP contribution >= 0.6 is 0 Å². The number of carboxylic acid groups (broad SMARTS) is 1. The van der Waals surface area contributed by atoms with E-state index >= 15 is 0 Å². The van der Waals surface area contributed by atoms with Crippen LogP contribution in [0.4, 0.5) is 0 Å². The number of aliphatic carboxylic acids is 1. The van der Waals surface area contributed by atoms with Crippen molar-refractivity contribution < 1.29 is 9.90 Å². The van der Waals surface area contributed by atoms with Crippen molar-refractivity contribution in [2.24, 2.45) is 5.92 Å². The van der Waals surface area contributed by atoms with Crippen LogP contribution in [0.2, 0.25) is 0 Å². The van der Waals surface area contributed by atoms with E-state index in [0.717, 1.165) is 12.8 Å². The van der Waals surface area contributed by atoms with Gasteiger partial charge in [-0.3, -0.25) is 9.69 Å². The van der Waals surface area contributed by atoms with Gasteiger partial charge in [0.15, 0.2) is 0 Å². The lowest BCUT2D eigenvalue weighted by atomic mass is 9.97. The lowest BCUT2D eigenvalue weighted by Gasteiger charge is -2.24. The molecule has 0 saturated carbocycles. The maximum atomic E-state index is 10.9. The molecule has 0 aromatic heterocycles. The van der Waals surface area contributed by atoms with Crippen molar-refractivity contribution in [2.75, 3.05) is 7.05 Å². The van der Waals surface area contributed by atoms with Crippen LogP contribution in [0.15, 0.2) is 0 Å². The van der Waals surface area contributed by atoms with E-state index in [2.05, 4.69) is 13.8 Å². The van der Waals surface area contributed by atoms with Crippen molar-refractivity contribution in [1.29, 1.82) is 0 Å². The molecule has 1 rings (SSSR count). The van der Waals surface area contributed by atoms with Gasteiger partial charge in [-0.2, -0.15) is 0 Å². The summed E-state index contributed by atoms with van der Waals surface area (Å²) in [6.45, 7) is 8.34. The van der Waals surface area contributed by atoms with Gasteiger partial charge in [-0.05, 0) is 25.8 Å². The van der Waals surface area contributed by atoms with E-state index in [1.54, 1.807) is 0 Å². The molecule has 1 heterocycles. The van der Waals surface area contributed by atoms with Crippen LogP contribution in [0.25, 0.3) is 0 Å². The molecule has 0 aliphatic carbocycles. The highest BCUT2D eigenvalue weighted by Crippen LogP contribution is 2.31. The summed E-state index contributed by atoms with van der Waals surface area (Å²) in [6.07, 6.45) is 4.33. The van der Waals surface area contributed by atoms with Crippen LogP contribution in [-0.2, 0) is 4.79 Å². The summed E-state index contributed by atoms with van der Waals surface area (Å²) in [5.74, 6) is -0.147. The molecule has 16 heavy (non-hydrogen) atoms. The molecule has 3 unspecified atom stereocenters. The molecule has 1 saturated heterocycles. The van der Waals surface area contributed by atoms with Crippen molar-refractivity contribution in [2.45, 2.75) is 65.5 Å². The summed E-state index contributed by atoms with van der Waals surface area (Å²) >= 11 is 0. The number of hydrogen-bond donors (Lipinski definition) is 1. The fourth-order valence-electron chi connectivity index (χ4n) is 2.48. The summed E-state index contributed by atoms with van der Waals surface area (Å²) in [7, 11) is 1.95. The number of nitrogens with zero attached hydrogens (tertiary/aromatic N) is 1. The normalized spacial score (nSPS) is 29.7. The highest BCUT2D eigenvalue weighted by Gasteiger charge is 2.39. The van der Waals surface area contributed by atoms with Gasteiger partial charge >= 0.3 is 5.97 Å². The van der Waals surface area contributed by atoms with Gasteiger partial charge < -0.3 is 5.11 Å². The maximum Gasteiger partial charge on any atom is 0.320 e. The molecule has 1 N–H and O–H groups in total. The van der Waals surface area contributed by atoms with E-state index in [9.17, 15) is 4.79 Å². The molecule has 3 atom stereocenters. The highest BCUT2D eigenvalue weighted by molar-refractivity contribution is 5.74. The van der Waals surface area contributed by atoms with E-state index < -0.39 is 5.97 Å². The number of likely N-dealkylation sites (N-methyl/N-ethyl adjacent to an activating group) is 1. The van der Waals surface area contributed by atoms with Gasteiger partial charge in [0, 0.05) is 6.04 Å². The van der Waals surface area contributed by atoms with Crippen LogP contribution in [0, 0.1) is 5.92 Å². The second-order valence-corrected chi connectivity index (χ2v) is 4.44. The van der Waals surface area contributed by atoms with Gasteiger partial charge in [0.2, 0.25) is 0 Å². The van der Waals surface area contributed by atoms with Gasteiger partial charge in [-0.1, -0.05) is 40.5 Å². The van der Waals surface area contributed by atoms with Gasteiger partial charge in [-0.15, -0.1) is 0 Å². The Hall–Kier alpha value is -0.570. The SMILES string of the molecule is CC.CCCCC1C(C)CC(C(=O)O)N1C. The van der Waals surface area contributed by atoms with Crippen molar-refractivity contribution in [1.82, 2.24) is 4.90 Å². The van der Waals surface area contributed by atoms with E-state index in [4.69, 9.17) is 5.11 Å². The molecule has 0 amide bonds. The topological polar surface area (TPSA) is 40.5 Å². The van der Waals surface area contributed by atoms with E-state index in [1.165, 1.54) is 12.8 Å². The molecule has 1 fully saturated rings. The fourth-order valence-corrected chi connectivity index (χ4v) is 2.48. The second kappa shape index (κ2) is 7.66. The molecule has 3 heteroatoms. The van der Waals surface area contributed by atoms with Gasteiger partial charge in [0.25, 0.3) is 0 Å². The lowest BCUT2D eigenvalue weighted by Crippen LogP contribution is -2.38. The molecule has 0 bridgehead atoms. The third-order valence-electron chi connectivity index (χ3n) is 3.41. The minimum atomic E-state index is -0.668. The summed E-state index contributed by atoms with van der Waals surface area (Å²) < 4.78 is 0. The number of carboxylic acids is 1. The van der Waals surface area contributed by atoms with Crippen LogP contribution in [-0.4, -0.2) is 35.1 Å². The maximum absolute atomic E-state index is 10.9. The lowest BCUT2D eigenvalue weighted by molar-refractivity contribution is -0.142. The molecular weight excluding hydrogens is 202 g/mol. The monoisotopic (exact) mass is 229 g/mol. The van der Waals surface area contributed by atoms with Crippen LogP contribution in [0.1, 0.15) is 53.4 Å². The Morgan fingerprint density at radius 2 is 2.00 bits per heavy atom. The zero-order valence-corrected chi connectivity index (χ0v) is 11.4. The minimum Gasteiger partial charge on any atom is -0.480 e. The first-order valence-electron chi connectivity index (χ1n) is 6.52. The first kappa shape index (κ1) is 15.4. The summed E-state index contributed by atoms with van der Waals surface area (Å²) in [4.78, 5) is 13.0. The Labute approximate surface area is 99.8 Å². The molecular formula is C13H27NO2. The average molecular weight is 229 g/mol. The number of likely N-dealkylation sites (tertiary alicyclic amines) is 1. The second-order valence-electron chi connectivity index (χ2n) is 4.44. The van der Waals surface area contributed by atoms with Crippen LogP contribution in [0.3, 0.4) is 0 Å². The van der Waals surface area contributed by atoms with Gasteiger partial charge in [0.1, 0.15) is 6.04 Å². The van der Waals surface area contributed by atoms with Crippen molar-refractivity contribution in [3.63, 3.8) is 0 Å². The van der Waals surface area contributed by atoms with Crippen molar-refractivity contribution in [3.8, 4) is 0 Å². The molecule has 0 aromatic rings. The van der Waals surface area contributed by atoms with Crippen LogP contribution in [0.5, 0.6) is 0 Å². The molecule has 96 valence electrons. The average Bonchev–Trinajstić information content (AvgIpc) is 2.55. The highest BCUT2D eigenvalue weighted by atomic mass is 16.4. The smallest absolute Gasteiger partial charge is 0.320 e. The Morgan fingerprint density at radius 1 is 1.44 bits per heavy atom. The number of rotatable bonds is 4. The molecule has 3 nitrogen and oxygen atoms in total.